The molecule has 1 aliphatic carbocycles. The number of carboxylic acids is 1. The van der Waals surface area contributed by atoms with Crippen LogP contribution >= 0.6 is 0 Å². The number of aryl methyl sites for hydroxylation is 1. The van der Waals surface area contributed by atoms with Crippen LogP contribution in [-0.2, 0) is 11.3 Å². The minimum Gasteiger partial charge on any atom is -0.481 e. The summed E-state index contributed by atoms with van der Waals surface area (Å²) in [6.07, 6.45) is 3.18. The molecule has 3 aromatic rings. The molecule has 7 nitrogen and oxygen atoms in total. The zero-order valence-corrected chi connectivity index (χ0v) is 19.2. The fraction of sp³-hybridized carbons (Fsp3) is 0.333. The summed E-state index contributed by atoms with van der Waals surface area (Å²) in [5.74, 6) is -1.96. The summed E-state index contributed by atoms with van der Waals surface area (Å²) >= 11 is 0. The lowest BCUT2D eigenvalue weighted by molar-refractivity contribution is -0.144. The van der Waals surface area contributed by atoms with Crippen LogP contribution < -0.4 is 10.9 Å². The van der Waals surface area contributed by atoms with Crippen molar-refractivity contribution in [3.05, 3.63) is 76.6 Å². The smallest absolute Gasteiger partial charge is 0.306 e. The molecule has 2 N–H and O–H groups in total. The number of aliphatic carboxylic acids is 1. The van der Waals surface area contributed by atoms with E-state index in [0.29, 0.717) is 24.2 Å². The maximum atomic E-state index is 13.5. The molecule has 7 heteroatoms. The van der Waals surface area contributed by atoms with Crippen molar-refractivity contribution in [3.8, 4) is 22.4 Å². The van der Waals surface area contributed by atoms with Crippen molar-refractivity contribution < 1.29 is 14.7 Å². The Morgan fingerprint density at radius 2 is 1.62 bits per heavy atom. The molecule has 1 saturated carbocycles. The molecule has 0 bridgehead atoms. The van der Waals surface area contributed by atoms with Gasteiger partial charge in [0, 0.05) is 24.2 Å². The minimum atomic E-state index is -0.826. The number of carboxylic acid groups (broad SMARTS) is 1. The van der Waals surface area contributed by atoms with Gasteiger partial charge in [-0.25, -0.2) is 4.68 Å². The van der Waals surface area contributed by atoms with Crippen LogP contribution in [0.1, 0.15) is 43.0 Å². The predicted octanol–water partition coefficient (Wildman–Crippen LogP) is 4.22. The summed E-state index contributed by atoms with van der Waals surface area (Å²) in [5.41, 5.74) is 2.13. The van der Waals surface area contributed by atoms with E-state index in [9.17, 15) is 19.5 Å². The van der Waals surface area contributed by atoms with Gasteiger partial charge in [0.1, 0.15) is 5.56 Å². The molecule has 1 amide bonds. The first-order chi connectivity index (χ1) is 16.5. The number of nitrogens with zero attached hydrogens (tertiary/aromatic N) is 2. The van der Waals surface area contributed by atoms with Crippen LogP contribution in [0.2, 0.25) is 0 Å². The first-order valence-electron chi connectivity index (χ1n) is 11.8. The third kappa shape index (κ3) is 4.78. The van der Waals surface area contributed by atoms with E-state index < -0.39 is 23.4 Å². The van der Waals surface area contributed by atoms with Crippen LogP contribution in [0, 0.1) is 11.8 Å². The third-order valence-electron chi connectivity index (χ3n) is 6.54. The van der Waals surface area contributed by atoms with Gasteiger partial charge in [-0.3, -0.25) is 14.4 Å². The second kappa shape index (κ2) is 10.5. The molecular weight excluding hydrogens is 430 g/mol. The highest BCUT2D eigenvalue weighted by atomic mass is 16.4. The van der Waals surface area contributed by atoms with Crippen LogP contribution in [0.25, 0.3) is 22.4 Å². The van der Waals surface area contributed by atoms with Crippen molar-refractivity contribution in [2.45, 2.75) is 39.2 Å². The van der Waals surface area contributed by atoms with E-state index in [2.05, 4.69) is 10.4 Å². The number of carbonyl (C=O) groups excluding carboxylic acids is 1. The summed E-state index contributed by atoms with van der Waals surface area (Å²) < 4.78 is 1.31. The SMILES string of the molecule is CCn1nc(-c2ccccc2)c(-c2ccccc2)c(C(=O)NC[C@@H]2CCCC[C@@H]2C(=O)O)c1=O. The summed E-state index contributed by atoms with van der Waals surface area (Å²) in [7, 11) is 0. The molecule has 176 valence electrons. The number of hydrogen-bond donors (Lipinski definition) is 2. The zero-order chi connectivity index (χ0) is 24.1. The van der Waals surface area contributed by atoms with E-state index in [4.69, 9.17) is 0 Å². The second-order valence-corrected chi connectivity index (χ2v) is 8.65. The Balaban J connectivity index is 1.80. The Morgan fingerprint density at radius 3 is 2.24 bits per heavy atom. The monoisotopic (exact) mass is 459 g/mol. The lowest BCUT2D eigenvalue weighted by Gasteiger charge is -2.28. The lowest BCUT2D eigenvalue weighted by atomic mass is 9.79. The average Bonchev–Trinajstić information content (AvgIpc) is 2.88. The van der Waals surface area contributed by atoms with Crippen LogP contribution in [-0.4, -0.2) is 33.3 Å². The van der Waals surface area contributed by atoms with Gasteiger partial charge in [0.05, 0.1) is 11.6 Å². The Labute approximate surface area is 198 Å². The highest BCUT2D eigenvalue weighted by Gasteiger charge is 2.32. The third-order valence-corrected chi connectivity index (χ3v) is 6.54. The van der Waals surface area contributed by atoms with Crippen molar-refractivity contribution in [2.24, 2.45) is 11.8 Å². The van der Waals surface area contributed by atoms with Gasteiger partial charge in [-0.15, -0.1) is 0 Å². The van der Waals surface area contributed by atoms with Crippen LogP contribution in [0.4, 0.5) is 0 Å². The number of amides is 1. The topological polar surface area (TPSA) is 101 Å². The van der Waals surface area contributed by atoms with E-state index in [1.807, 2.05) is 67.6 Å². The fourth-order valence-electron chi connectivity index (χ4n) is 4.77. The van der Waals surface area contributed by atoms with E-state index in [1.165, 1.54) is 4.68 Å². The van der Waals surface area contributed by atoms with Gasteiger partial charge in [-0.1, -0.05) is 73.5 Å². The van der Waals surface area contributed by atoms with E-state index in [0.717, 1.165) is 30.4 Å². The van der Waals surface area contributed by atoms with Gasteiger partial charge in [0.25, 0.3) is 11.5 Å². The van der Waals surface area contributed by atoms with Gasteiger partial charge < -0.3 is 10.4 Å². The molecule has 0 spiro atoms. The Morgan fingerprint density at radius 1 is 1.00 bits per heavy atom. The lowest BCUT2D eigenvalue weighted by Crippen LogP contribution is -2.40. The minimum absolute atomic E-state index is 0.0320. The Kier molecular flexibility index (Phi) is 7.21. The summed E-state index contributed by atoms with van der Waals surface area (Å²) in [5, 5.41) is 17.1. The summed E-state index contributed by atoms with van der Waals surface area (Å²) in [4.78, 5) is 38.6. The van der Waals surface area contributed by atoms with Crippen molar-refractivity contribution in [2.75, 3.05) is 6.54 Å². The molecule has 0 aliphatic heterocycles. The Bertz CT molecular complexity index is 1220. The highest BCUT2D eigenvalue weighted by molar-refractivity contribution is 6.03. The van der Waals surface area contributed by atoms with Crippen molar-refractivity contribution >= 4 is 11.9 Å². The van der Waals surface area contributed by atoms with Crippen molar-refractivity contribution in [3.63, 3.8) is 0 Å². The number of rotatable bonds is 7. The average molecular weight is 460 g/mol. The Hall–Kier alpha value is -3.74. The summed E-state index contributed by atoms with van der Waals surface area (Å²) in [6, 6.07) is 18.8. The van der Waals surface area contributed by atoms with Gasteiger partial charge in [-0.05, 0) is 31.2 Å². The molecule has 2 aromatic carbocycles. The molecule has 2 atom stereocenters. The molecule has 0 unspecified atom stereocenters. The first kappa shape index (κ1) is 23.4. The molecule has 1 aliphatic rings. The van der Waals surface area contributed by atoms with E-state index in [1.54, 1.807) is 0 Å². The van der Waals surface area contributed by atoms with E-state index in [-0.39, 0.29) is 18.0 Å². The van der Waals surface area contributed by atoms with Crippen LogP contribution in [0.3, 0.4) is 0 Å². The molecule has 4 rings (SSSR count). The zero-order valence-electron chi connectivity index (χ0n) is 19.2. The molecule has 0 saturated heterocycles. The second-order valence-electron chi connectivity index (χ2n) is 8.65. The van der Waals surface area contributed by atoms with E-state index >= 15 is 0 Å². The number of hydrogen-bond acceptors (Lipinski definition) is 4. The standard InChI is InChI=1S/C27H29N3O4/c1-2-30-26(32)23(25(31)28-17-20-15-9-10-16-21(20)27(33)34)22(18-11-5-3-6-12-18)24(29-30)19-13-7-4-8-14-19/h3-8,11-14,20-21H,2,9-10,15-17H2,1H3,(H,28,31)(H,33,34)/t20-,21-/m0/s1. The van der Waals surface area contributed by atoms with Crippen molar-refractivity contribution in [1.29, 1.82) is 0 Å². The first-order valence-corrected chi connectivity index (χ1v) is 11.8. The fourth-order valence-corrected chi connectivity index (χ4v) is 4.77. The van der Waals surface area contributed by atoms with Crippen LogP contribution in [0.5, 0.6) is 0 Å². The van der Waals surface area contributed by atoms with Gasteiger partial charge >= 0.3 is 5.97 Å². The summed E-state index contributed by atoms with van der Waals surface area (Å²) in [6.45, 7) is 2.35. The molecule has 1 fully saturated rings. The van der Waals surface area contributed by atoms with Crippen LogP contribution in [0.15, 0.2) is 65.5 Å². The van der Waals surface area contributed by atoms with Gasteiger partial charge in [0.15, 0.2) is 0 Å². The number of benzene rings is 2. The molecule has 0 radical (unpaired) electrons. The predicted molar refractivity (Wildman–Crippen MR) is 130 cm³/mol. The highest BCUT2D eigenvalue weighted by Crippen LogP contribution is 2.33. The number of nitrogens with one attached hydrogen (secondary N) is 1. The molecule has 1 aromatic heterocycles. The van der Waals surface area contributed by atoms with Gasteiger partial charge in [-0.2, -0.15) is 5.10 Å². The van der Waals surface area contributed by atoms with Crippen molar-refractivity contribution in [1.82, 2.24) is 15.1 Å². The molecule has 1 heterocycles. The maximum Gasteiger partial charge on any atom is 0.306 e. The number of aromatic nitrogens is 2. The normalized spacial score (nSPS) is 17.8. The molecule has 34 heavy (non-hydrogen) atoms. The number of carbonyl (C=O) groups is 2. The van der Waals surface area contributed by atoms with Gasteiger partial charge in [0.2, 0.25) is 0 Å². The maximum absolute atomic E-state index is 13.5. The quantitative estimate of drug-likeness (QED) is 0.551. The largest absolute Gasteiger partial charge is 0.481 e. The molecular formula is C27H29N3O4.